The summed E-state index contributed by atoms with van der Waals surface area (Å²) >= 11 is 0. The van der Waals surface area contributed by atoms with Crippen molar-refractivity contribution in [3.8, 4) is 0 Å². The molecule has 0 saturated carbocycles. The minimum atomic E-state index is 0.214. The number of piperidine rings is 1. The molecule has 1 fully saturated rings. The molecule has 1 saturated heterocycles. The lowest BCUT2D eigenvalue weighted by atomic mass is 9.94. The standard InChI is InChI=1S/C19H23N3O/c1-20-18-11-5-10-17(21-18)16-9-6-12-22(14-16)19(23)13-15-7-3-2-4-8-15/h2-5,7-8,10-11,16H,6,9,12-14H2,1H3,(H,20,21). The Kier molecular flexibility index (Phi) is 4.91. The van der Waals surface area contributed by atoms with Crippen LogP contribution in [-0.4, -0.2) is 35.9 Å². The fraction of sp³-hybridized carbons (Fsp3) is 0.368. The second-order valence-corrected chi connectivity index (χ2v) is 6.04. The van der Waals surface area contributed by atoms with Crippen molar-refractivity contribution in [2.45, 2.75) is 25.2 Å². The number of aromatic nitrogens is 1. The van der Waals surface area contributed by atoms with Crippen LogP contribution in [0.2, 0.25) is 0 Å². The van der Waals surface area contributed by atoms with E-state index >= 15 is 0 Å². The van der Waals surface area contributed by atoms with Crippen molar-refractivity contribution in [1.29, 1.82) is 0 Å². The lowest BCUT2D eigenvalue weighted by Gasteiger charge is -2.32. The average molecular weight is 309 g/mol. The van der Waals surface area contributed by atoms with E-state index in [2.05, 4.69) is 16.4 Å². The molecule has 1 aromatic carbocycles. The number of rotatable bonds is 4. The zero-order valence-electron chi connectivity index (χ0n) is 13.5. The number of hydrogen-bond acceptors (Lipinski definition) is 3. The molecule has 120 valence electrons. The fourth-order valence-electron chi connectivity index (χ4n) is 3.15. The molecule has 1 amide bonds. The van der Waals surface area contributed by atoms with Crippen LogP contribution in [0.1, 0.15) is 30.0 Å². The molecule has 1 unspecified atom stereocenters. The summed E-state index contributed by atoms with van der Waals surface area (Å²) in [4.78, 5) is 19.2. The molecule has 4 nitrogen and oxygen atoms in total. The highest BCUT2D eigenvalue weighted by Crippen LogP contribution is 2.26. The molecule has 2 aromatic rings. The zero-order valence-corrected chi connectivity index (χ0v) is 13.5. The minimum absolute atomic E-state index is 0.214. The molecule has 0 bridgehead atoms. The van der Waals surface area contributed by atoms with Crippen molar-refractivity contribution in [3.05, 3.63) is 59.8 Å². The smallest absolute Gasteiger partial charge is 0.227 e. The van der Waals surface area contributed by atoms with Gasteiger partial charge in [-0.25, -0.2) is 4.98 Å². The van der Waals surface area contributed by atoms with Gasteiger partial charge >= 0.3 is 0 Å². The minimum Gasteiger partial charge on any atom is -0.373 e. The van der Waals surface area contributed by atoms with Gasteiger partial charge in [-0.3, -0.25) is 4.79 Å². The summed E-state index contributed by atoms with van der Waals surface area (Å²) in [5.41, 5.74) is 2.16. The topological polar surface area (TPSA) is 45.2 Å². The normalized spacial score (nSPS) is 17.8. The van der Waals surface area contributed by atoms with Gasteiger partial charge in [-0.15, -0.1) is 0 Å². The molecule has 4 heteroatoms. The van der Waals surface area contributed by atoms with E-state index in [1.54, 1.807) is 0 Å². The third kappa shape index (κ3) is 3.89. The molecule has 23 heavy (non-hydrogen) atoms. The maximum Gasteiger partial charge on any atom is 0.227 e. The molecule has 0 spiro atoms. The van der Waals surface area contributed by atoms with Gasteiger partial charge in [0.05, 0.1) is 6.42 Å². The Bertz CT molecular complexity index is 657. The van der Waals surface area contributed by atoms with E-state index in [1.165, 1.54) is 0 Å². The van der Waals surface area contributed by atoms with Gasteiger partial charge in [0.25, 0.3) is 0 Å². The molecule has 1 aliphatic heterocycles. The van der Waals surface area contributed by atoms with E-state index in [1.807, 2.05) is 54.4 Å². The Hall–Kier alpha value is -2.36. The van der Waals surface area contributed by atoms with Gasteiger partial charge < -0.3 is 10.2 Å². The second-order valence-electron chi connectivity index (χ2n) is 6.04. The summed E-state index contributed by atoms with van der Waals surface area (Å²) in [6, 6.07) is 16.0. The monoisotopic (exact) mass is 309 g/mol. The van der Waals surface area contributed by atoms with Crippen molar-refractivity contribution >= 4 is 11.7 Å². The summed E-state index contributed by atoms with van der Waals surface area (Å²) in [5.74, 6) is 1.43. The Morgan fingerprint density at radius 1 is 1.22 bits per heavy atom. The van der Waals surface area contributed by atoms with Gasteiger partial charge in [0.1, 0.15) is 5.82 Å². The number of pyridine rings is 1. The molecule has 1 aromatic heterocycles. The Labute approximate surface area is 137 Å². The molecule has 1 N–H and O–H groups in total. The fourth-order valence-corrected chi connectivity index (χ4v) is 3.15. The molecule has 1 aliphatic rings. The van der Waals surface area contributed by atoms with Crippen LogP contribution in [0.25, 0.3) is 0 Å². The number of carbonyl (C=O) groups excluding carboxylic acids is 1. The van der Waals surface area contributed by atoms with Crippen molar-refractivity contribution < 1.29 is 4.79 Å². The molecule has 2 heterocycles. The highest BCUT2D eigenvalue weighted by molar-refractivity contribution is 5.79. The molecule has 0 aliphatic carbocycles. The Balaban J connectivity index is 1.66. The van der Waals surface area contributed by atoms with E-state index in [0.717, 1.165) is 43.0 Å². The van der Waals surface area contributed by atoms with Crippen molar-refractivity contribution in [2.24, 2.45) is 0 Å². The molecule has 0 radical (unpaired) electrons. The summed E-state index contributed by atoms with van der Waals surface area (Å²) < 4.78 is 0. The first kappa shape index (κ1) is 15.5. The number of nitrogens with one attached hydrogen (secondary N) is 1. The van der Waals surface area contributed by atoms with Crippen LogP contribution in [0, 0.1) is 0 Å². The number of benzene rings is 1. The van der Waals surface area contributed by atoms with Crippen LogP contribution >= 0.6 is 0 Å². The lowest BCUT2D eigenvalue weighted by Crippen LogP contribution is -2.40. The average Bonchev–Trinajstić information content (AvgIpc) is 2.63. The van der Waals surface area contributed by atoms with Crippen LogP contribution in [0.5, 0.6) is 0 Å². The highest BCUT2D eigenvalue weighted by atomic mass is 16.2. The van der Waals surface area contributed by atoms with E-state index in [9.17, 15) is 4.79 Å². The molecule has 1 atom stereocenters. The maximum atomic E-state index is 12.6. The second kappa shape index (κ2) is 7.27. The SMILES string of the molecule is CNc1cccc(C2CCCN(C(=O)Cc3ccccc3)C2)n1. The Morgan fingerprint density at radius 3 is 2.83 bits per heavy atom. The molecule has 3 rings (SSSR count). The predicted molar refractivity (Wildman–Crippen MR) is 92.5 cm³/mol. The van der Waals surface area contributed by atoms with Crippen LogP contribution in [0.3, 0.4) is 0 Å². The van der Waals surface area contributed by atoms with Crippen molar-refractivity contribution in [3.63, 3.8) is 0 Å². The van der Waals surface area contributed by atoms with Crippen LogP contribution in [0.4, 0.5) is 5.82 Å². The van der Waals surface area contributed by atoms with E-state index < -0.39 is 0 Å². The molecular weight excluding hydrogens is 286 g/mol. The van der Waals surface area contributed by atoms with Gasteiger partial charge in [-0.1, -0.05) is 36.4 Å². The van der Waals surface area contributed by atoms with Gasteiger partial charge in [-0.05, 0) is 30.5 Å². The quantitative estimate of drug-likeness (QED) is 0.944. The summed E-state index contributed by atoms with van der Waals surface area (Å²) in [5, 5.41) is 3.08. The largest absolute Gasteiger partial charge is 0.373 e. The summed E-state index contributed by atoms with van der Waals surface area (Å²) in [6.07, 6.45) is 2.61. The van der Waals surface area contributed by atoms with E-state index in [4.69, 9.17) is 0 Å². The first-order chi connectivity index (χ1) is 11.3. The van der Waals surface area contributed by atoms with E-state index in [-0.39, 0.29) is 5.91 Å². The van der Waals surface area contributed by atoms with Crippen LogP contribution < -0.4 is 5.32 Å². The number of amides is 1. The third-order valence-electron chi connectivity index (χ3n) is 4.42. The number of hydrogen-bond donors (Lipinski definition) is 1. The third-order valence-corrected chi connectivity index (χ3v) is 4.42. The van der Waals surface area contributed by atoms with Gasteiger partial charge in [0, 0.05) is 31.7 Å². The molecular formula is C19H23N3O. The van der Waals surface area contributed by atoms with Crippen LogP contribution in [0.15, 0.2) is 48.5 Å². The zero-order chi connectivity index (χ0) is 16.1. The Morgan fingerprint density at radius 2 is 2.04 bits per heavy atom. The lowest BCUT2D eigenvalue weighted by molar-refractivity contribution is -0.131. The van der Waals surface area contributed by atoms with Crippen LogP contribution in [-0.2, 0) is 11.2 Å². The first-order valence-corrected chi connectivity index (χ1v) is 8.22. The van der Waals surface area contributed by atoms with E-state index in [0.29, 0.717) is 12.3 Å². The summed E-state index contributed by atoms with van der Waals surface area (Å²) in [7, 11) is 1.88. The first-order valence-electron chi connectivity index (χ1n) is 8.22. The van der Waals surface area contributed by atoms with Gasteiger partial charge in [0.15, 0.2) is 0 Å². The predicted octanol–water partition coefficient (Wildman–Crippen LogP) is 3.07. The number of nitrogens with zero attached hydrogens (tertiary/aromatic N) is 2. The maximum absolute atomic E-state index is 12.6. The van der Waals surface area contributed by atoms with Crippen molar-refractivity contribution in [1.82, 2.24) is 9.88 Å². The van der Waals surface area contributed by atoms with Crippen molar-refractivity contribution in [2.75, 3.05) is 25.5 Å². The summed E-state index contributed by atoms with van der Waals surface area (Å²) in [6.45, 7) is 1.62. The highest BCUT2D eigenvalue weighted by Gasteiger charge is 2.25. The number of carbonyl (C=O) groups is 1. The number of likely N-dealkylation sites (tertiary alicyclic amines) is 1. The van der Waals surface area contributed by atoms with Gasteiger partial charge in [-0.2, -0.15) is 0 Å². The van der Waals surface area contributed by atoms with Gasteiger partial charge in [0.2, 0.25) is 5.91 Å². The number of anilines is 1.